The number of pyridine rings is 3. The summed E-state index contributed by atoms with van der Waals surface area (Å²) in [6, 6.07) is 15.9. The van der Waals surface area contributed by atoms with Crippen molar-refractivity contribution < 1.29 is 14.3 Å². The lowest BCUT2D eigenvalue weighted by Gasteiger charge is -2.26. The molecule has 172 valence electrons. The normalized spacial score (nSPS) is 21.8. The fourth-order valence-corrected chi connectivity index (χ4v) is 5.61. The van der Waals surface area contributed by atoms with Gasteiger partial charge in [0.15, 0.2) is 5.60 Å². The monoisotopic (exact) mass is 462 g/mol. The van der Waals surface area contributed by atoms with Gasteiger partial charge < -0.3 is 9.64 Å². The molecule has 1 unspecified atom stereocenters. The predicted octanol–water partition coefficient (Wildman–Crippen LogP) is 4.02. The highest BCUT2D eigenvalue weighted by Gasteiger charge is 2.58. The molecule has 2 fully saturated rings. The van der Waals surface area contributed by atoms with Crippen LogP contribution in [0.1, 0.15) is 40.7 Å². The number of benzene rings is 1. The Morgan fingerprint density at radius 1 is 0.971 bits per heavy atom. The topological polar surface area (TPSA) is 85.3 Å². The summed E-state index contributed by atoms with van der Waals surface area (Å²) in [6.07, 6.45) is 9.09. The molecule has 1 aliphatic carbocycles. The van der Waals surface area contributed by atoms with Gasteiger partial charge in [0.05, 0.1) is 28.7 Å². The van der Waals surface area contributed by atoms with Crippen LogP contribution in [0, 0.1) is 0 Å². The van der Waals surface area contributed by atoms with Gasteiger partial charge in [-0.3, -0.25) is 19.7 Å². The summed E-state index contributed by atoms with van der Waals surface area (Å²) in [5, 5.41) is 1.07. The number of fused-ring (bicyclic) bond motifs is 3. The Kier molecular flexibility index (Phi) is 4.16. The van der Waals surface area contributed by atoms with Crippen LogP contribution in [-0.4, -0.2) is 44.8 Å². The zero-order valence-corrected chi connectivity index (χ0v) is 19.0. The summed E-state index contributed by atoms with van der Waals surface area (Å²) >= 11 is 0. The van der Waals surface area contributed by atoms with Crippen molar-refractivity contribution in [2.45, 2.75) is 30.3 Å². The number of nitrogens with zero attached hydrogens (tertiary/aromatic N) is 4. The summed E-state index contributed by atoms with van der Waals surface area (Å²) in [4.78, 5) is 41.2. The van der Waals surface area contributed by atoms with Gasteiger partial charge in [0, 0.05) is 54.3 Å². The number of amides is 1. The zero-order chi connectivity index (χ0) is 23.6. The van der Waals surface area contributed by atoms with Crippen LogP contribution in [0.2, 0.25) is 0 Å². The lowest BCUT2D eigenvalue weighted by molar-refractivity contribution is -0.134. The van der Waals surface area contributed by atoms with Gasteiger partial charge in [-0.2, -0.15) is 0 Å². The van der Waals surface area contributed by atoms with Gasteiger partial charge in [-0.25, -0.2) is 4.79 Å². The van der Waals surface area contributed by atoms with Gasteiger partial charge in [-0.05, 0) is 42.7 Å². The summed E-state index contributed by atoms with van der Waals surface area (Å²) in [5.74, 6) is -0.263. The summed E-state index contributed by atoms with van der Waals surface area (Å²) in [7, 11) is 0. The van der Waals surface area contributed by atoms with Crippen LogP contribution >= 0.6 is 0 Å². The summed E-state index contributed by atoms with van der Waals surface area (Å²) in [5.41, 5.74) is 3.72. The number of para-hydroxylation sites is 1. The molecule has 0 bridgehead atoms. The number of esters is 1. The van der Waals surface area contributed by atoms with Crippen LogP contribution in [0.3, 0.4) is 0 Å². The number of carbonyl (C=O) groups excluding carboxylic acids is 2. The molecule has 7 rings (SSSR count). The van der Waals surface area contributed by atoms with Crippen molar-refractivity contribution in [1.82, 2.24) is 19.9 Å². The minimum Gasteiger partial charge on any atom is -0.449 e. The first kappa shape index (κ1) is 20.3. The van der Waals surface area contributed by atoms with Gasteiger partial charge in [0.2, 0.25) is 5.91 Å². The van der Waals surface area contributed by atoms with Crippen LogP contribution in [0.4, 0.5) is 0 Å². The van der Waals surface area contributed by atoms with E-state index in [1.54, 1.807) is 12.4 Å². The average molecular weight is 463 g/mol. The Labute approximate surface area is 201 Å². The molecule has 1 atom stereocenters. The average Bonchev–Trinajstić information content (AvgIpc) is 3.54. The SMILES string of the molecule is O=C1OC2(CCN(C(=O)C3(c4ccc(-c5cnc6ccccc6c5)nc4)CC3)C2)c2ccncc21. The van der Waals surface area contributed by atoms with Crippen LogP contribution in [0.15, 0.2) is 73.3 Å². The van der Waals surface area contributed by atoms with E-state index in [1.807, 2.05) is 59.8 Å². The Hall–Kier alpha value is -4.13. The van der Waals surface area contributed by atoms with E-state index in [-0.39, 0.29) is 11.9 Å². The fraction of sp³-hybridized carbons (Fsp3) is 0.250. The van der Waals surface area contributed by atoms with Crippen molar-refractivity contribution in [3.63, 3.8) is 0 Å². The minimum atomic E-state index is -0.758. The highest BCUT2D eigenvalue weighted by molar-refractivity contribution is 5.95. The van der Waals surface area contributed by atoms with Crippen molar-refractivity contribution in [1.29, 1.82) is 0 Å². The van der Waals surface area contributed by atoms with Gasteiger partial charge in [-0.1, -0.05) is 24.3 Å². The van der Waals surface area contributed by atoms with E-state index in [1.165, 1.54) is 0 Å². The highest BCUT2D eigenvalue weighted by Crippen LogP contribution is 2.52. The first-order chi connectivity index (χ1) is 17.1. The molecule has 7 nitrogen and oxygen atoms in total. The van der Waals surface area contributed by atoms with E-state index >= 15 is 0 Å². The van der Waals surface area contributed by atoms with E-state index in [4.69, 9.17) is 9.72 Å². The molecule has 0 radical (unpaired) electrons. The molecule has 3 aliphatic rings. The van der Waals surface area contributed by atoms with Gasteiger partial charge in [0.1, 0.15) is 0 Å². The molecule has 3 aromatic heterocycles. The van der Waals surface area contributed by atoms with Gasteiger partial charge in [0.25, 0.3) is 0 Å². The van der Waals surface area contributed by atoms with E-state index in [9.17, 15) is 9.59 Å². The maximum absolute atomic E-state index is 13.7. The molecule has 0 N–H and O–H groups in total. The van der Waals surface area contributed by atoms with E-state index in [0.717, 1.165) is 46.1 Å². The summed E-state index contributed by atoms with van der Waals surface area (Å²) < 4.78 is 5.80. The van der Waals surface area contributed by atoms with Crippen LogP contribution in [0.25, 0.3) is 22.2 Å². The Bertz CT molecular complexity index is 1510. The number of carbonyl (C=O) groups is 2. The molecule has 1 saturated carbocycles. The van der Waals surface area contributed by atoms with Crippen LogP contribution in [-0.2, 0) is 20.5 Å². The Morgan fingerprint density at radius 2 is 1.86 bits per heavy atom. The molecule has 1 saturated heterocycles. The molecule has 35 heavy (non-hydrogen) atoms. The van der Waals surface area contributed by atoms with Crippen molar-refractivity contribution in [3.8, 4) is 11.3 Å². The molecule has 1 amide bonds. The van der Waals surface area contributed by atoms with Crippen LogP contribution in [0.5, 0.6) is 0 Å². The highest BCUT2D eigenvalue weighted by atomic mass is 16.6. The number of ether oxygens (including phenoxy) is 1. The molecule has 2 aliphatic heterocycles. The van der Waals surface area contributed by atoms with E-state index in [0.29, 0.717) is 25.1 Å². The number of hydrogen-bond donors (Lipinski definition) is 0. The third-order valence-corrected chi connectivity index (χ3v) is 7.70. The van der Waals surface area contributed by atoms with Crippen molar-refractivity contribution in [2.75, 3.05) is 13.1 Å². The molecule has 7 heteroatoms. The Balaban J connectivity index is 1.14. The van der Waals surface area contributed by atoms with Gasteiger partial charge in [-0.15, -0.1) is 0 Å². The van der Waals surface area contributed by atoms with E-state index < -0.39 is 11.0 Å². The lowest BCUT2D eigenvalue weighted by atomic mass is 9.92. The van der Waals surface area contributed by atoms with Gasteiger partial charge >= 0.3 is 5.97 Å². The first-order valence-electron chi connectivity index (χ1n) is 11.9. The maximum atomic E-state index is 13.7. The lowest BCUT2D eigenvalue weighted by Crippen LogP contribution is -2.40. The second kappa shape index (κ2) is 7.18. The largest absolute Gasteiger partial charge is 0.449 e. The maximum Gasteiger partial charge on any atom is 0.341 e. The standard InChI is InChI=1S/C28H22N4O3/c33-25-21-16-29-11-7-22(21)28(35-25)10-12-32(17-28)26(34)27(8-9-27)20-5-6-24(31-15-20)19-13-18-3-1-2-4-23(18)30-14-19/h1-7,11,13-16H,8-10,12,17H2. The molecule has 4 aromatic rings. The van der Waals surface area contributed by atoms with Crippen molar-refractivity contribution in [3.05, 3.63) is 90.0 Å². The van der Waals surface area contributed by atoms with E-state index in [2.05, 4.69) is 16.0 Å². The number of aromatic nitrogens is 3. The van der Waals surface area contributed by atoms with Crippen molar-refractivity contribution in [2.24, 2.45) is 0 Å². The number of hydrogen-bond acceptors (Lipinski definition) is 6. The molecule has 1 aromatic carbocycles. The quantitative estimate of drug-likeness (QED) is 0.428. The number of rotatable bonds is 3. The molecular weight excluding hydrogens is 440 g/mol. The first-order valence-corrected chi connectivity index (χ1v) is 11.9. The van der Waals surface area contributed by atoms with Crippen LogP contribution < -0.4 is 0 Å². The minimum absolute atomic E-state index is 0.0925. The molecular formula is C28H22N4O3. The number of likely N-dealkylation sites (tertiary alicyclic amines) is 1. The third kappa shape index (κ3) is 3.00. The zero-order valence-electron chi connectivity index (χ0n) is 19.0. The second-order valence-electron chi connectivity index (χ2n) is 9.71. The predicted molar refractivity (Wildman–Crippen MR) is 128 cm³/mol. The molecule has 5 heterocycles. The summed E-state index contributed by atoms with van der Waals surface area (Å²) in [6.45, 7) is 0.939. The fourth-order valence-electron chi connectivity index (χ4n) is 5.61. The Morgan fingerprint density at radius 3 is 2.69 bits per heavy atom. The molecule has 1 spiro atoms. The second-order valence-corrected chi connectivity index (χ2v) is 9.71. The smallest absolute Gasteiger partial charge is 0.341 e. The third-order valence-electron chi connectivity index (χ3n) is 7.70. The van der Waals surface area contributed by atoms with Crippen molar-refractivity contribution >= 4 is 22.8 Å².